The van der Waals surface area contributed by atoms with Crippen LogP contribution in [-0.4, -0.2) is 50.8 Å². The minimum Gasteiger partial charge on any atom is -0.497 e. The zero-order chi connectivity index (χ0) is 15.1. The Hall–Kier alpha value is -1.59. The van der Waals surface area contributed by atoms with Crippen LogP contribution < -0.4 is 10.1 Å². The SMILES string of the molecule is COCC(=O)N1CCC(NCc2cccc(OC)c2)CC1. The molecule has 0 atom stereocenters. The molecule has 21 heavy (non-hydrogen) atoms. The summed E-state index contributed by atoms with van der Waals surface area (Å²) in [7, 11) is 3.24. The number of carbonyl (C=O) groups is 1. The van der Waals surface area contributed by atoms with Gasteiger partial charge in [0, 0.05) is 32.8 Å². The number of rotatable bonds is 6. The molecule has 0 saturated carbocycles. The molecule has 116 valence electrons. The fraction of sp³-hybridized carbons (Fsp3) is 0.562. The predicted octanol–water partition coefficient (Wildman–Crippen LogP) is 1.42. The number of likely N-dealkylation sites (tertiary alicyclic amines) is 1. The van der Waals surface area contributed by atoms with Crippen LogP contribution in [0.4, 0.5) is 0 Å². The summed E-state index contributed by atoms with van der Waals surface area (Å²) in [6.07, 6.45) is 1.97. The van der Waals surface area contributed by atoms with Crippen molar-refractivity contribution in [1.82, 2.24) is 10.2 Å². The monoisotopic (exact) mass is 292 g/mol. The highest BCUT2D eigenvalue weighted by atomic mass is 16.5. The van der Waals surface area contributed by atoms with Crippen molar-refractivity contribution in [2.45, 2.75) is 25.4 Å². The number of amides is 1. The fourth-order valence-corrected chi connectivity index (χ4v) is 2.59. The molecule has 0 bridgehead atoms. The van der Waals surface area contributed by atoms with E-state index < -0.39 is 0 Å². The maximum absolute atomic E-state index is 11.7. The molecule has 1 saturated heterocycles. The van der Waals surface area contributed by atoms with Crippen molar-refractivity contribution in [3.8, 4) is 5.75 Å². The van der Waals surface area contributed by atoms with E-state index in [1.54, 1.807) is 14.2 Å². The van der Waals surface area contributed by atoms with E-state index >= 15 is 0 Å². The first kappa shape index (κ1) is 15.8. The average Bonchev–Trinajstić information content (AvgIpc) is 2.54. The van der Waals surface area contributed by atoms with E-state index in [4.69, 9.17) is 9.47 Å². The number of carbonyl (C=O) groups excluding carboxylic acids is 1. The molecule has 5 heteroatoms. The zero-order valence-electron chi connectivity index (χ0n) is 12.8. The second-order valence-corrected chi connectivity index (χ2v) is 5.32. The second-order valence-electron chi connectivity index (χ2n) is 5.32. The van der Waals surface area contributed by atoms with E-state index in [0.29, 0.717) is 6.04 Å². The molecular weight excluding hydrogens is 268 g/mol. The molecular formula is C16H24N2O3. The second kappa shape index (κ2) is 8.00. The van der Waals surface area contributed by atoms with E-state index in [9.17, 15) is 4.79 Å². The largest absolute Gasteiger partial charge is 0.497 e. The molecule has 0 aromatic heterocycles. The van der Waals surface area contributed by atoms with Crippen molar-refractivity contribution in [2.75, 3.05) is 33.9 Å². The van der Waals surface area contributed by atoms with Gasteiger partial charge in [-0.1, -0.05) is 12.1 Å². The molecule has 0 unspecified atom stereocenters. The summed E-state index contributed by atoms with van der Waals surface area (Å²) in [6.45, 7) is 2.62. The summed E-state index contributed by atoms with van der Waals surface area (Å²) < 4.78 is 10.1. The van der Waals surface area contributed by atoms with E-state index in [1.165, 1.54) is 5.56 Å². The number of piperidine rings is 1. The van der Waals surface area contributed by atoms with Crippen LogP contribution in [0.3, 0.4) is 0 Å². The first-order chi connectivity index (χ1) is 10.2. The average molecular weight is 292 g/mol. The number of hydrogen-bond donors (Lipinski definition) is 1. The normalized spacial score (nSPS) is 16.0. The molecule has 1 amide bonds. The van der Waals surface area contributed by atoms with E-state index in [1.807, 2.05) is 23.1 Å². The topological polar surface area (TPSA) is 50.8 Å². The van der Waals surface area contributed by atoms with Crippen LogP contribution in [0, 0.1) is 0 Å². The van der Waals surface area contributed by atoms with Crippen molar-refractivity contribution in [3.63, 3.8) is 0 Å². The number of hydrogen-bond acceptors (Lipinski definition) is 4. The van der Waals surface area contributed by atoms with Crippen molar-refractivity contribution in [3.05, 3.63) is 29.8 Å². The molecule has 0 spiro atoms. The van der Waals surface area contributed by atoms with Gasteiger partial charge in [-0.2, -0.15) is 0 Å². The molecule has 1 aromatic carbocycles. The molecule has 5 nitrogen and oxygen atoms in total. The third-order valence-corrected chi connectivity index (χ3v) is 3.84. The number of benzene rings is 1. The van der Waals surface area contributed by atoms with Gasteiger partial charge in [0.05, 0.1) is 7.11 Å². The predicted molar refractivity (Wildman–Crippen MR) is 81.3 cm³/mol. The Labute approximate surface area is 126 Å². The van der Waals surface area contributed by atoms with Gasteiger partial charge >= 0.3 is 0 Å². The molecule has 1 fully saturated rings. The highest BCUT2D eigenvalue weighted by molar-refractivity contribution is 5.77. The van der Waals surface area contributed by atoms with E-state index in [0.717, 1.165) is 38.2 Å². The number of ether oxygens (including phenoxy) is 2. The van der Waals surface area contributed by atoms with Crippen LogP contribution >= 0.6 is 0 Å². The van der Waals surface area contributed by atoms with Crippen molar-refractivity contribution < 1.29 is 14.3 Å². The lowest BCUT2D eigenvalue weighted by molar-refractivity contribution is -0.136. The lowest BCUT2D eigenvalue weighted by Crippen LogP contribution is -2.45. The standard InChI is InChI=1S/C16H24N2O3/c1-20-12-16(19)18-8-6-14(7-9-18)17-11-13-4-3-5-15(10-13)21-2/h3-5,10,14,17H,6-9,11-12H2,1-2H3. The van der Waals surface area contributed by atoms with Crippen LogP contribution in [0.15, 0.2) is 24.3 Å². The van der Waals surface area contributed by atoms with Crippen LogP contribution in [-0.2, 0) is 16.1 Å². The Morgan fingerprint density at radius 1 is 1.33 bits per heavy atom. The van der Waals surface area contributed by atoms with Gasteiger partial charge in [-0.3, -0.25) is 4.79 Å². The minimum absolute atomic E-state index is 0.0868. The highest BCUT2D eigenvalue weighted by Gasteiger charge is 2.22. The summed E-state index contributed by atoms with van der Waals surface area (Å²) in [5.41, 5.74) is 1.22. The van der Waals surface area contributed by atoms with Gasteiger partial charge in [0.25, 0.3) is 0 Å². The van der Waals surface area contributed by atoms with Gasteiger partial charge in [0.1, 0.15) is 12.4 Å². The van der Waals surface area contributed by atoms with Crippen LogP contribution in [0.25, 0.3) is 0 Å². The van der Waals surface area contributed by atoms with Gasteiger partial charge < -0.3 is 19.7 Å². The smallest absolute Gasteiger partial charge is 0.248 e. The van der Waals surface area contributed by atoms with Crippen molar-refractivity contribution in [2.24, 2.45) is 0 Å². The Bertz CT molecular complexity index is 457. The maximum atomic E-state index is 11.7. The Kier molecular flexibility index (Phi) is 6.02. The lowest BCUT2D eigenvalue weighted by atomic mass is 10.0. The van der Waals surface area contributed by atoms with Gasteiger partial charge in [0.2, 0.25) is 5.91 Å². The molecule has 0 aliphatic carbocycles. The number of nitrogens with one attached hydrogen (secondary N) is 1. The van der Waals surface area contributed by atoms with E-state index in [-0.39, 0.29) is 12.5 Å². The third-order valence-electron chi connectivity index (χ3n) is 3.84. The van der Waals surface area contributed by atoms with E-state index in [2.05, 4.69) is 11.4 Å². The summed E-state index contributed by atoms with van der Waals surface area (Å²) in [6, 6.07) is 8.55. The molecule has 1 aromatic rings. The van der Waals surface area contributed by atoms with Gasteiger partial charge in [-0.25, -0.2) is 0 Å². The molecule has 1 heterocycles. The Morgan fingerprint density at radius 3 is 2.76 bits per heavy atom. The van der Waals surface area contributed by atoms with Crippen LogP contribution in [0.2, 0.25) is 0 Å². The highest BCUT2D eigenvalue weighted by Crippen LogP contribution is 2.14. The molecule has 0 radical (unpaired) electrons. The molecule has 2 rings (SSSR count). The minimum atomic E-state index is 0.0868. The summed E-state index contributed by atoms with van der Waals surface area (Å²) >= 11 is 0. The number of methoxy groups -OCH3 is 2. The Morgan fingerprint density at radius 2 is 2.10 bits per heavy atom. The first-order valence-corrected chi connectivity index (χ1v) is 7.36. The molecule has 1 aliphatic rings. The van der Waals surface area contributed by atoms with Crippen LogP contribution in [0.5, 0.6) is 5.75 Å². The quantitative estimate of drug-likeness (QED) is 0.861. The first-order valence-electron chi connectivity index (χ1n) is 7.36. The van der Waals surface area contributed by atoms with Gasteiger partial charge in [-0.15, -0.1) is 0 Å². The maximum Gasteiger partial charge on any atom is 0.248 e. The van der Waals surface area contributed by atoms with Crippen molar-refractivity contribution in [1.29, 1.82) is 0 Å². The van der Waals surface area contributed by atoms with Crippen molar-refractivity contribution >= 4 is 5.91 Å². The summed E-state index contributed by atoms with van der Waals surface area (Å²) in [4.78, 5) is 13.6. The molecule has 1 aliphatic heterocycles. The zero-order valence-corrected chi connectivity index (χ0v) is 12.8. The van der Waals surface area contributed by atoms with Gasteiger partial charge in [-0.05, 0) is 30.5 Å². The summed E-state index contributed by atoms with van der Waals surface area (Å²) in [5, 5.41) is 3.56. The third kappa shape index (κ3) is 4.72. The lowest BCUT2D eigenvalue weighted by Gasteiger charge is -2.32. The van der Waals surface area contributed by atoms with Crippen LogP contribution in [0.1, 0.15) is 18.4 Å². The fourth-order valence-electron chi connectivity index (χ4n) is 2.59. The number of nitrogens with zero attached hydrogens (tertiary/aromatic N) is 1. The Balaban J connectivity index is 1.74. The molecule has 1 N–H and O–H groups in total. The summed E-state index contributed by atoms with van der Waals surface area (Å²) in [5.74, 6) is 0.970. The van der Waals surface area contributed by atoms with Gasteiger partial charge in [0.15, 0.2) is 0 Å².